The van der Waals surface area contributed by atoms with Gasteiger partial charge in [0.15, 0.2) is 0 Å². The average Bonchev–Trinajstić information content (AvgIpc) is 1.70. The molecule has 0 aliphatic heterocycles. The SMILES string of the molecule is O=P(O)(O)CN(CP(=O)(O)O)CP(=O)(O)O.[Na+].[Na+].[Na+].[Na+].[Ni]. The third-order valence-electron chi connectivity index (χ3n) is 1.15. The number of nitrogens with zero attached hydrogens (tertiary/aromatic N) is 1. The van der Waals surface area contributed by atoms with E-state index in [9.17, 15) is 13.7 Å². The van der Waals surface area contributed by atoms with Gasteiger partial charge in [0.2, 0.25) is 0 Å². The Hall–Kier alpha value is 4.90. The van der Waals surface area contributed by atoms with Crippen molar-refractivity contribution in [2.45, 2.75) is 0 Å². The van der Waals surface area contributed by atoms with Crippen molar-refractivity contribution in [1.29, 1.82) is 0 Å². The Balaban J connectivity index is -0.000000112. The molecule has 0 aromatic rings. The molecule has 0 aliphatic carbocycles. The molecule has 0 aliphatic rings. The van der Waals surface area contributed by atoms with Crippen molar-refractivity contribution in [1.82, 2.24) is 4.90 Å². The summed E-state index contributed by atoms with van der Waals surface area (Å²) in [5.41, 5.74) is 0. The van der Waals surface area contributed by atoms with Crippen LogP contribution in [0.4, 0.5) is 0 Å². The van der Waals surface area contributed by atoms with Crippen molar-refractivity contribution >= 4 is 22.8 Å². The summed E-state index contributed by atoms with van der Waals surface area (Å²) in [5, 5.41) is 0. The maximum absolute atomic E-state index is 10.6. The first-order chi connectivity index (χ1) is 6.79. The van der Waals surface area contributed by atoms with E-state index in [1.165, 1.54) is 0 Å². The fourth-order valence-corrected chi connectivity index (χ4v) is 3.55. The molecule has 0 radical (unpaired) electrons. The van der Waals surface area contributed by atoms with Crippen LogP contribution in [0.3, 0.4) is 0 Å². The Bertz CT molecular complexity index is 325. The van der Waals surface area contributed by atoms with Gasteiger partial charge in [-0.25, -0.2) is 0 Å². The van der Waals surface area contributed by atoms with Gasteiger partial charge in [-0.3, -0.25) is 18.6 Å². The molecule has 0 spiro atoms. The molecule has 0 fully saturated rings. The smallest absolute Gasteiger partial charge is 0.324 e. The largest absolute Gasteiger partial charge is 1.00 e. The maximum atomic E-state index is 10.6. The molecule has 0 aromatic carbocycles. The minimum absolute atomic E-state index is 0. The molecule has 0 aromatic heterocycles. The molecule has 0 heterocycles. The van der Waals surface area contributed by atoms with Crippen molar-refractivity contribution in [3.63, 3.8) is 0 Å². The Morgan fingerprint density at radius 1 is 0.571 bits per heavy atom. The fraction of sp³-hybridized carbons (Fsp3) is 1.00. The second kappa shape index (κ2) is 17.0. The summed E-state index contributed by atoms with van der Waals surface area (Å²) in [7, 11) is -14.0. The van der Waals surface area contributed by atoms with E-state index in [4.69, 9.17) is 29.4 Å². The maximum Gasteiger partial charge on any atom is 1.00 e. The molecule has 0 saturated carbocycles. The van der Waals surface area contributed by atoms with Crippen LogP contribution in [0.1, 0.15) is 0 Å². The summed E-state index contributed by atoms with van der Waals surface area (Å²) < 4.78 is 31.7. The minimum atomic E-state index is -4.65. The summed E-state index contributed by atoms with van der Waals surface area (Å²) in [6.07, 6.45) is -3.41. The molecule has 10 nitrogen and oxygen atoms in total. The predicted octanol–water partition coefficient (Wildman–Crippen LogP) is -13.3. The van der Waals surface area contributed by atoms with Crippen molar-refractivity contribution < 1.29 is 178 Å². The first-order valence-corrected chi connectivity index (χ1v) is 9.04. The molecular formula is C3H12NNa4NiO9P3+4. The number of hydrogen-bond acceptors (Lipinski definition) is 4. The molecule has 18 heteroatoms. The number of hydrogen-bond donors (Lipinski definition) is 6. The van der Waals surface area contributed by atoms with E-state index in [1.54, 1.807) is 0 Å². The van der Waals surface area contributed by atoms with Crippen LogP contribution in [0.25, 0.3) is 0 Å². The molecule has 0 atom stereocenters. The zero-order chi connectivity index (χ0) is 13.2. The molecule has 0 unspecified atom stereocenters. The summed E-state index contributed by atoms with van der Waals surface area (Å²) >= 11 is 0. The average molecular weight is 450 g/mol. The van der Waals surface area contributed by atoms with Gasteiger partial charge in [-0.05, 0) is 0 Å². The number of rotatable bonds is 6. The molecule has 0 amide bonds. The van der Waals surface area contributed by atoms with Crippen molar-refractivity contribution in [2.75, 3.05) is 18.9 Å². The third-order valence-corrected chi connectivity index (χ3v) is 3.46. The minimum Gasteiger partial charge on any atom is -0.324 e. The van der Waals surface area contributed by atoms with Crippen LogP contribution in [0.15, 0.2) is 0 Å². The van der Waals surface area contributed by atoms with Gasteiger partial charge in [0.25, 0.3) is 0 Å². The van der Waals surface area contributed by atoms with Gasteiger partial charge in [-0.1, -0.05) is 0 Å². The summed E-state index contributed by atoms with van der Waals surface area (Å²) in [6.45, 7) is 0. The van der Waals surface area contributed by atoms with Crippen molar-refractivity contribution in [3.05, 3.63) is 0 Å². The van der Waals surface area contributed by atoms with Crippen LogP contribution < -0.4 is 118 Å². The van der Waals surface area contributed by atoms with E-state index >= 15 is 0 Å². The Morgan fingerprint density at radius 3 is 0.810 bits per heavy atom. The molecule has 108 valence electrons. The van der Waals surface area contributed by atoms with Crippen molar-refractivity contribution in [2.24, 2.45) is 0 Å². The van der Waals surface area contributed by atoms with Gasteiger partial charge >= 0.3 is 141 Å². The first kappa shape index (κ1) is 40.6. The van der Waals surface area contributed by atoms with Gasteiger partial charge in [0.1, 0.15) is 18.9 Å². The van der Waals surface area contributed by atoms with Gasteiger partial charge in [-0.2, -0.15) is 0 Å². The van der Waals surface area contributed by atoms with E-state index in [0.29, 0.717) is 4.90 Å². The predicted molar refractivity (Wildman–Crippen MR) is 52.6 cm³/mol. The molecule has 0 bridgehead atoms. The fourth-order valence-electron chi connectivity index (χ4n) is 0.916. The molecule has 0 rings (SSSR count). The molecule has 6 N–H and O–H groups in total. The standard InChI is InChI=1S/C3H12NO9P3.4Na.Ni/c5-14(6,7)1-4(2-15(8,9)10)3-16(11,12)13;;;;;/h1-3H2,(H2,5,6,7)(H2,8,9,10)(H2,11,12,13);;;;;/q;4*+1;. The summed E-state index contributed by atoms with van der Waals surface area (Å²) in [5.74, 6) is 0. The van der Waals surface area contributed by atoms with E-state index in [1.807, 2.05) is 0 Å². The van der Waals surface area contributed by atoms with Crippen LogP contribution in [0.5, 0.6) is 0 Å². The van der Waals surface area contributed by atoms with E-state index < -0.39 is 41.6 Å². The van der Waals surface area contributed by atoms with Gasteiger partial charge in [0.05, 0.1) is 0 Å². The summed E-state index contributed by atoms with van der Waals surface area (Å²) in [4.78, 5) is 51.6. The van der Waals surface area contributed by atoms with Crippen LogP contribution in [0.2, 0.25) is 0 Å². The van der Waals surface area contributed by atoms with Crippen LogP contribution >= 0.6 is 22.8 Å². The molecular weight excluding hydrogens is 438 g/mol. The summed E-state index contributed by atoms with van der Waals surface area (Å²) in [6, 6.07) is 0. The molecule has 0 saturated heterocycles. The van der Waals surface area contributed by atoms with Crippen molar-refractivity contribution in [3.8, 4) is 0 Å². The van der Waals surface area contributed by atoms with E-state index in [0.717, 1.165) is 0 Å². The Labute approximate surface area is 220 Å². The van der Waals surface area contributed by atoms with Crippen LogP contribution in [-0.2, 0) is 30.2 Å². The van der Waals surface area contributed by atoms with Gasteiger partial charge in [0, 0.05) is 16.5 Å². The molecule has 21 heavy (non-hydrogen) atoms. The van der Waals surface area contributed by atoms with Crippen LogP contribution in [-0.4, -0.2) is 53.1 Å². The van der Waals surface area contributed by atoms with E-state index in [-0.39, 0.29) is 135 Å². The van der Waals surface area contributed by atoms with E-state index in [2.05, 4.69) is 0 Å². The Morgan fingerprint density at radius 2 is 0.714 bits per heavy atom. The normalized spacial score (nSPS) is 11.0. The topological polar surface area (TPSA) is 176 Å². The second-order valence-electron chi connectivity index (χ2n) is 3.09. The second-order valence-corrected chi connectivity index (χ2v) is 7.93. The third kappa shape index (κ3) is 33.0. The van der Waals surface area contributed by atoms with Gasteiger partial charge in [-0.15, -0.1) is 0 Å². The zero-order valence-corrected chi connectivity index (χ0v) is 23.8. The monoisotopic (exact) mass is 449 g/mol. The van der Waals surface area contributed by atoms with Gasteiger partial charge < -0.3 is 29.4 Å². The quantitative estimate of drug-likeness (QED) is 0.169. The first-order valence-electron chi connectivity index (χ1n) is 3.65. The van der Waals surface area contributed by atoms with Crippen LogP contribution in [0, 0.1) is 0 Å². The zero-order valence-electron chi connectivity index (χ0n) is 12.1. The Kier molecular flexibility index (Phi) is 32.9.